The fourth-order valence-corrected chi connectivity index (χ4v) is 2.21. The van der Waals surface area contributed by atoms with Gasteiger partial charge in [-0.15, -0.1) is 0 Å². The predicted molar refractivity (Wildman–Crippen MR) is 77.4 cm³/mol. The summed E-state index contributed by atoms with van der Waals surface area (Å²) in [5.41, 5.74) is 2.15. The van der Waals surface area contributed by atoms with Gasteiger partial charge in [-0.3, -0.25) is 0 Å². The maximum absolute atomic E-state index is 6.17. The first-order valence-electron chi connectivity index (χ1n) is 5.80. The Morgan fingerprint density at radius 1 is 1.17 bits per heavy atom. The van der Waals surface area contributed by atoms with Gasteiger partial charge in [0.25, 0.3) is 0 Å². The summed E-state index contributed by atoms with van der Waals surface area (Å²) in [6.07, 6.45) is 1.73. The highest BCUT2D eigenvalue weighted by Crippen LogP contribution is 2.22. The van der Waals surface area contributed by atoms with Crippen LogP contribution in [0.1, 0.15) is 12.5 Å². The summed E-state index contributed by atoms with van der Waals surface area (Å²) in [4.78, 5) is 6.31. The number of aromatic nitrogens is 1. The summed E-state index contributed by atoms with van der Waals surface area (Å²) < 4.78 is 0. The lowest BCUT2D eigenvalue weighted by molar-refractivity contribution is 0.828. The second kappa shape index (κ2) is 6.07. The van der Waals surface area contributed by atoms with Crippen LogP contribution >= 0.6 is 23.2 Å². The molecule has 4 heteroatoms. The molecule has 2 aromatic rings. The Balaban J connectivity index is 2.21. The van der Waals surface area contributed by atoms with E-state index >= 15 is 0 Å². The molecular formula is C14H14Cl2N2. The monoisotopic (exact) mass is 280 g/mol. The molecule has 0 unspecified atom stereocenters. The average molecular weight is 281 g/mol. The van der Waals surface area contributed by atoms with Crippen molar-refractivity contribution < 1.29 is 0 Å². The molecular weight excluding hydrogens is 267 g/mol. The van der Waals surface area contributed by atoms with E-state index in [1.807, 2.05) is 18.2 Å². The summed E-state index contributed by atoms with van der Waals surface area (Å²) in [6.45, 7) is 3.75. The summed E-state index contributed by atoms with van der Waals surface area (Å²) in [5, 5.41) is 1.08. The van der Waals surface area contributed by atoms with Crippen molar-refractivity contribution in [2.45, 2.75) is 13.5 Å². The minimum absolute atomic E-state index is 0.423. The van der Waals surface area contributed by atoms with Crippen LogP contribution in [-0.4, -0.2) is 11.5 Å². The molecule has 0 aliphatic rings. The Hall–Kier alpha value is -1.25. The number of hydrogen-bond donors (Lipinski definition) is 0. The summed E-state index contributed by atoms with van der Waals surface area (Å²) in [7, 11) is 0. The lowest BCUT2D eigenvalue weighted by Crippen LogP contribution is -2.22. The number of halogens is 2. The van der Waals surface area contributed by atoms with Crippen molar-refractivity contribution >= 4 is 28.9 Å². The highest BCUT2D eigenvalue weighted by atomic mass is 35.5. The van der Waals surface area contributed by atoms with Gasteiger partial charge in [-0.1, -0.05) is 41.4 Å². The molecule has 1 aromatic carbocycles. The standard InChI is InChI=1S/C14H14Cl2N2/c1-2-18(12-6-4-3-5-7-12)10-11-9-17-14(16)8-13(11)15/h3-9H,2,10H2,1H3. The first-order valence-corrected chi connectivity index (χ1v) is 6.56. The van der Waals surface area contributed by atoms with Crippen LogP contribution in [0.15, 0.2) is 42.6 Å². The van der Waals surface area contributed by atoms with E-state index in [9.17, 15) is 0 Å². The van der Waals surface area contributed by atoms with E-state index in [0.29, 0.717) is 10.2 Å². The van der Waals surface area contributed by atoms with Gasteiger partial charge >= 0.3 is 0 Å². The van der Waals surface area contributed by atoms with E-state index in [0.717, 1.165) is 18.7 Å². The zero-order valence-electron chi connectivity index (χ0n) is 10.1. The van der Waals surface area contributed by atoms with Crippen LogP contribution < -0.4 is 4.90 Å². The molecule has 18 heavy (non-hydrogen) atoms. The normalized spacial score (nSPS) is 10.4. The summed E-state index contributed by atoms with van der Waals surface area (Å²) in [5.74, 6) is 0. The maximum atomic E-state index is 6.17. The van der Waals surface area contributed by atoms with Crippen LogP contribution in [0.2, 0.25) is 10.2 Å². The van der Waals surface area contributed by atoms with Crippen LogP contribution in [0.5, 0.6) is 0 Å². The van der Waals surface area contributed by atoms with E-state index in [-0.39, 0.29) is 0 Å². The van der Waals surface area contributed by atoms with E-state index in [1.165, 1.54) is 5.69 Å². The molecule has 0 spiro atoms. The van der Waals surface area contributed by atoms with E-state index in [1.54, 1.807) is 12.3 Å². The third kappa shape index (κ3) is 3.15. The first kappa shape index (κ1) is 13.2. The third-order valence-electron chi connectivity index (χ3n) is 2.76. The van der Waals surface area contributed by atoms with E-state index < -0.39 is 0 Å². The lowest BCUT2D eigenvalue weighted by Gasteiger charge is -2.23. The second-order valence-electron chi connectivity index (χ2n) is 3.95. The van der Waals surface area contributed by atoms with E-state index in [2.05, 4.69) is 28.9 Å². The number of para-hydroxylation sites is 1. The van der Waals surface area contributed by atoms with Crippen molar-refractivity contribution in [2.24, 2.45) is 0 Å². The molecule has 0 N–H and O–H groups in total. The molecule has 0 bridgehead atoms. The molecule has 0 atom stereocenters. The topological polar surface area (TPSA) is 16.1 Å². The number of benzene rings is 1. The SMILES string of the molecule is CCN(Cc1cnc(Cl)cc1Cl)c1ccccc1. The van der Waals surface area contributed by atoms with Crippen molar-refractivity contribution in [3.63, 3.8) is 0 Å². The highest BCUT2D eigenvalue weighted by Gasteiger charge is 2.08. The smallest absolute Gasteiger partial charge is 0.130 e. The second-order valence-corrected chi connectivity index (χ2v) is 4.74. The molecule has 0 amide bonds. The van der Waals surface area contributed by atoms with Crippen molar-refractivity contribution in [1.29, 1.82) is 0 Å². The van der Waals surface area contributed by atoms with Gasteiger partial charge < -0.3 is 4.90 Å². The van der Waals surface area contributed by atoms with Crippen molar-refractivity contribution in [2.75, 3.05) is 11.4 Å². The van der Waals surface area contributed by atoms with Gasteiger partial charge in [-0.25, -0.2) is 4.98 Å². The molecule has 0 saturated carbocycles. The Morgan fingerprint density at radius 2 is 1.89 bits per heavy atom. The van der Waals surface area contributed by atoms with Crippen LogP contribution in [0.4, 0.5) is 5.69 Å². The fraction of sp³-hybridized carbons (Fsp3) is 0.214. The molecule has 2 nitrogen and oxygen atoms in total. The molecule has 0 fully saturated rings. The largest absolute Gasteiger partial charge is 0.367 e. The fourth-order valence-electron chi connectivity index (χ4n) is 1.78. The number of rotatable bonds is 4. The minimum atomic E-state index is 0.423. The molecule has 0 saturated heterocycles. The quantitative estimate of drug-likeness (QED) is 0.771. The number of hydrogen-bond acceptors (Lipinski definition) is 2. The first-order chi connectivity index (χ1) is 8.70. The van der Waals surface area contributed by atoms with Gasteiger partial charge in [0.2, 0.25) is 0 Å². The Labute approximate surface area is 117 Å². The predicted octanol–water partition coefficient (Wildman–Crippen LogP) is 4.41. The summed E-state index contributed by atoms with van der Waals surface area (Å²) in [6, 6.07) is 11.9. The van der Waals surface area contributed by atoms with Gasteiger partial charge in [0.1, 0.15) is 5.15 Å². The Morgan fingerprint density at radius 3 is 2.50 bits per heavy atom. The Kier molecular flexibility index (Phi) is 4.45. The molecule has 0 aliphatic carbocycles. The van der Waals surface area contributed by atoms with Crippen LogP contribution in [0, 0.1) is 0 Å². The molecule has 0 aliphatic heterocycles. The van der Waals surface area contributed by atoms with Gasteiger partial charge in [0, 0.05) is 30.5 Å². The molecule has 2 rings (SSSR count). The van der Waals surface area contributed by atoms with Crippen LogP contribution in [-0.2, 0) is 6.54 Å². The molecule has 1 heterocycles. The molecule has 94 valence electrons. The average Bonchev–Trinajstić information content (AvgIpc) is 2.39. The van der Waals surface area contributed by atoms with Crippen molar-refractivity contribution in [3.05, 3.63) is 58.3 Å². The van der Waals surface area contributed by atoms with Gasteiger partial charge in [0.05, 0.1) is 5.02 Å². The minimum Gasteiger partial charge on any atom is -0.367 e. The zero-order valence-corrected chi connectivity index (χ0v) is 11.6. The third-order valence-corrected chi connectivity index (χ3v) is 3.32. The molecule has 0 radical (unpaired) electrons. The highest BCUT2D eigenvalue weighted by molar-refractivity contribution is 6.34. The van der Waals surface area contributed by atoms with Gasteiger partial charge in [-0.2, -0.15) is 0 Å². The number of anilines is 1. The van der Waals surface area contributed by atoms with Crippen LogP contribution in [0.3, 0.4) is 0 Å². The number of nitrogens with zero attached hydrogens (tertiary/aromatic N) is 2. The maximum Gasteiger partial charge on any atom is 0.130 e. The lowest BCUT2D eigenvalue weighted by atomic mass is 10.2. The van der Waals surface area contributed by atoms with E-state index in [4.69, 9.17) is 23.2 Å². The summed E-state index contributed by atoms with van der Waals surface area (Å²) >= 11 is 12.0. The van der Waals surface area contributed by atoms with Crippen LogP contribution in [0.25, 0.3) is 0 Å². The Bertz CT molecular complexity index is 514. The zero-order chi connectivity index (χ0) is 13.0. The molecule has 1 aromatic heterocycles. The van der Waals surface area contributed by atoms with Gasteiger partial charge in [0.15, 0.2) is 0 Å². The van der Waals surface area contributed by atoms with Crippen molar-refractivity contribution in [3.8, 4) is 0 Å². The van der Waals surface area contributed by atoms with Crippen molar-refractivity contribution in [1.82, 2.24) is 4.98 Å². The van der Waals surface area contributed by atoms with Gasteiger partial charge in [-0.05, 0) is 25.1 Å². The number of pyridine rings is 1.